The summed E-state index contributed by atoms with van der Waals surface area (Å²) in [7, 11) is -3.95. The summed E-state index contributed by atoms with van der Waals surface area (Å²) in [6.07, 6.45) is -6.99. The van der Waals surface area contributed by atoms with E-state index in [0.717, 1.165) is 11.1 Å². The van der Waals surface area contributed by atoms with Crippen LogP contribution in [0.1, 0.15) is 0 Å². The molecule has 0 fully saturated rings. The summed E-state index contributed by atoms with van der Waals surface area (Å²) in [6, 6.07) is 15.5. The maximum absolute atomic E-state index is 12.3. The lowest BCUT2D eigenvalue weighted by Gasteiger charge is -2.25. The fourth-order valence-corrected chi connectivity index (χ4v) is 3.47. The predicted octanol–water partition coefficient (Wildman–Crippen LogP) is -0.932. The van der Waals surface area contributed by atoms with Gasteiger partial charge in [0.2, 0.25) is 10.0 Å². The van der Waals surface area contributed by atoms with E-state index in [2.05, 4.69) is 4.72 Å². The van der Waals surface area contributed by atoms with Gasteiger partial charge in [-0.2, -0.15) is 0 Å². The highest BCUT2D eigenvalue weighted by atomic mass is 32.2. The summed E-state index contributed by atoms with van der Waals surface area (Å²) >= 11 is 0. The van der Waals surface area contributed by atoms with Crippen molar-refractivity contribution in [3.8, 4) is 11.1 Å². The van der Waals surface area contributed by atoms with Crippen LogP contribution in [-0.4, -0.2) is 71.5 Å². The molecule has 0 aromatic heterocycles. The molecule has 8 nitrogen and oxygen atoms in total. The first-order valence-electron chi connectivity index (χ1n) is 8.24. The number of sulfonamides is 1. The van der Waals surface area contributed by atoms with Crippen LogP contribution in [0.2, 0.25) is 0 Å². The number of rotatable bonds is 9. The lowest BCUT2D eigenvalue weighted by atomic mass is 10.0. The largest absolute Gasteiger partial charge is 0.394 e. The van der Waals surface area contributed by atoms with Crippen molar-refractivity contribution in [2.75, 3.05) is 13.2 Å². The highest BCUT2D eigenvalue weighted by Gasteiger charge is 2.30. The average molecular weight is 397 g/mol. The van der Waals surface area contributed by atoms with E-state index in [-0.39, 0.29) is 4.90 Å². The molecule has 0 unspecified atom stereocenters. The van der Waals surface area contributed by atoms with E-state index >= 15 is 0 Å². The Labute approximate surface area is 157 Å². The van der Waals surface area contributed by atoms with Gasteiger partial charge in [-0.05, 0) is 23.3 Å². The van der Waals surface area contributed by atoms with E-state index in [1.165, 1.54) is 12.1 Å². The number of aliphatic hydroxyl groups is 5. The van der Waals surface area contributed by atoms with Crippen molar-refractivity contribution in [1.82, 2.24) is 4.72 Å². The first-order chi connectivity index (χ1) is 12.8. The number of aliphatic hydroxyl groups excluding tert-OH is 5. The molecule has 0 spiro atoms. The van der Waals surface area contributed by atoms with Crippen LogP contribution in [0.4, 0.5) is 0 Å². The van der Waals surface area contributed by atoms with Gasteiger partial charge in [0.05, 0.1) is 17.6 Å². The van der Waals surface area contributed by atoms with Gasteiger partial charge in [0.25, 0.3) is 0 Å². The summed E-state index contributed by atoms with van der Waals surface area (Å²) in [5.41, 5.74) is 1.77. The van der Waals surface area contributed by atoms with Gasteiger partial charge < -0.3 is 25.5 Å². The third kappa shape index (κ3) is 5.56. The molecular weight excluding hydrogens is 374 g/mol. The molecule has 6 N–H and O–H groups in total. The third-order valence-corrected chi connectivity index (χ3v) is 5.52. The van der Waals surface area contributed by atoms with Crippen LogP contribution >= 0.6 is 0 Å². The van der Waals surface area contributed by atoms with Crippen LogP contribution in [0.25, 0.3) is 11.1 Å². The smallest absolute Gasteiger partial charge is 0.240 e. The van der Waals surface area contributed by atoms with Crippen LogP contribution < -0.4 is 4.72 Å². The molecule has 4 atom stereocenters. The molecule has 0 aliphatic heterocycles. The van der Waals surface area contributed by atoms with E-state index in [0.29, 0.717) is 0 Å². The van der Waals surface area contributed by atoms with Crippen molar-refractivity contribution in [3.05, 3.63) is 54.6 Å². The second kappa shape index (κ2) is 9.38. The Morgan fingerprint density at radius 1 is 0.778 bits per heavy atom. The molecular formula is C18H23NO7S. The molecule has 0 heterocycles. The second-order valence-electron chi connectivity index (χ2n) is 6.04. The van der Waals surface area contributed by atoms with Gasteiger partial charge in [-0.1, -0.05) is 42.5 Å². The van der Waals surface area contributed by atoms with Gasteiger partial charge in [0, 0.05) is 6.54 Å². The summed E-state index contributed by atoms with van der Waals surface area (Å²) in [4.78, 5) is -0.0280. The number of hydrogen-bond donors (Lipinski definition) is 6. The molecule has 27 heavy (non-hydrogen) atoms. The molecule has 9 heteroatoms. The number of hydrogen-bond acceptors (Lipinski definition) is 7. The van der Waals surface area contributed by atoms with Crippen molar-refractivity contribution < 1.29 is 34.0 Å². The minimum Gasteiger partial charge on any atom is -0.394 e. The van der Waals surface area contributed by atoms with Crippen molar-refractivity contribution in [1.29, 1.82) is 0 Å². The Hall–Kier alpha value is -1.85. The maximum atomic E-state index is 12.3. The third-order valence-electron chi connectivity index (χ3n) is 4.08. The van der Waals surface area contributed by atoms with E-state index in [9.17, 15) is 28.8 Å². The summed E-state index contributed by atoms with van der Waals surface area (Å²) in [6.45, 7) is -1.40. The van der Waals surface area contributed by atoms with Crippen molar-refractivity contribution in [3.63, 3.8) is 0 Å². The zero-order valence-corrected chi connectivity index (χ0v) is 15.2. The zero-order valence-electron chi connectivity index (χ0n) is 14.4. The lowest BCUT2D eigenvalue weighted by Crippen LogP contribution is -2.49. The van der Waals surface area contributed by atoms with E-state index < -0.39 is 47.6 Å². The number of benzene rings is 2. The summed E-state index contributed by atoms with van der Waals surface area (Å²) < 4.78 is 26.8. The van der Waals surface area contributed by atoms with E-state index in [1.54, 1.807) is 12.1 Å². The molecule has 0 radical (unpaired) electrons. The van der Waals surface area contributed by atoms with Crippen LogP contribution in [0.3, 0.4) is 0 Å². The van der Waals surface area contributed by atoms with Crippen molar-refractivity contribution in [2.24, 2.45) is 0 Å². The molecule has 0 saturated heterocycles. The zero-order chi connectivity index (χ0) is 20.0. The minimum atomic E-state index is -3.95. The molecule has 2 aromatic carbocycles. The highest BCUT2D eigenvalue weighted by Crippen LogP contribution is 2.21. The predicted molar refractivity (Wildman–Crippen MR) is 98.2 cm³/mol. The monoisotopic (exact) mass is 397 g/mol. The van der Waals surface area contributed by atoms with Crippen molar-refractivity contribution >= 4 is 10.0 Å². The lowest BCUT2D eigenvalue weighted by molar-refractivity contribution is -0.113. The second-order valence-corrected chi connectivity index (χ2v) is 7.81. The van der Waals surface area contributed by atoms with Crippen LogP contribution in [0, 0.1) is 0 Å². The van der Waals surface area contributed by atoms with E-state index in [1.807, 2.05) is 30.3 Å². The molecule has 0 bridgehead atoms. The molecule has 0 saturated carbocycles. The van der Waals surface area contributed by atoms with Crippen molar-refractivity contribution in [2.45, 2.75) is 29.3 Å². The van der Waals surface area contributed by atoms with E-state index in [4.69, 9.17) is 5.11 Å². The Kier molecular flexibility index (Phi) is 7.45. The van der Waals surface area contributed by atoms with Gasteiger partial charge in [-0.15, -0.1) is 0 Å². The Morgan fingerprint density at radius 3 is 1.85 bits per heavy atom. The van der Waals surface area contributed by atoms with Gasteiger partial charge in [-0.3, -0.25) is 0 Å². The summed E-state index contributed by atoms with van der Waals surface area (Å²) in [5, 5.41) is 47.1. The first-order valence-corrected chi connectivity index (χ1v) is 9.73. The Balaban J connectivity index is 2.02. The SMILES string of the molecule is O=S(=O)(NC[C@H](O)[C@@H](O)[C@H](O)[C@H](O)CO)c1ccc(-c2ccccc2)cc1. The quantitative estimate of drug-likeness (QED) is 0.320. The molecule has 0 amide bonds. The fraction of sp³-hybridized carbons (Fsp3) is 0.333. The van der Waals surface area contributed by atoms with Gasteiger partial charge in [0.15, 0.2) is 0 Å². The highest BCUT2D eigenvalue weighted by molar-refractivity contribution is 7.89. The van der Waals surface area contributed by atoms with Crippen LogP contribution in [-0.2, 0) is 10.0 Å². The Morgan fingerprint density at radius 2 is 1.30 bits per heavy atom. The molecule has 148 valence electrons. The normalized spacial score (nSPS) is 16.5. The topological polar surface area (TPSA) is 147 Å². The fourth-order valence-electron chi connectivity index (χ4n) is 2.42. The Bertz CT molecular complexity index is 811. The molecule has 2 aromatic rings. The minimum absolute atomic E-state index is 0.0280. The van der Waals surface area contributed by atoms with Gasteiger partial charge >= 0.3 is 0 Å². The molecule has 2 rings (SSSR count). The summed E-state index contributed by atoms with van der Waals surface area (Å²) in [5.74, 6) is 0. The standard InChI is InChI=1S/C18H23NO7S/c20-11-16(22)18(24)17(23)15(21)10-19-27(25,26)14-8-6-13(7-9-14)12-4-2-1-3-5-12/h1-9,15-24H,10-11H2/t15-,16+,17+,18+/m0/s1. The maximum Gasteiger partial charge on any atom is 0.240 e. The number of nitrogens with one attached hydrogen (secondary N) is 1. The molecule has 0 aliphatic carbocycles. The van der Waals surface area contributed by atoms with Crippen LogP contribution in [0.15, 0.2) is 59.5 Å². The van der Waals surface area contributed by atoms with Gasteiger partial charge in [-0.25, -0.2) is 13.1 Å². The van der Waals surface area contributed by atoms with Gasteiger partial charge in [0.1, 0.15) is 18.3 Å². The molecule has 0 aliphatic rings. The van der Waals surface area contributed by atoms with Crippen LogP contribution in [0.5, 0.6) is 0 Å². The average Bonchev–Trinajstić information content (AvgIpc) is 2.71. The first kappa shape index (κ1) is 21.5.